The monoisotopic (exact) mass is 289 g/mol. The van der Waals surface area contributed by atoms with Crippen LogP contribution < -0.4 is 5.32 Å². The lowest BCUT2D eigenvalue weighted by Gasteiger charge is -2.11. The smallest absolute Gasteiger partial charge is 0.227 e. The molecule has 6 heteroatoms. The lowest BCUT2D eigenvalue weighted by molar-refractivity contribution is -0.118. The molecule has 0 aliphatic carbocycles. The highest BCUT2D eigenvalue weighted by Crippen LogP contribution is 2.35. The molecule has 1 aromatic carbocycles. The van der Waals surface area contributed by atoms with Crippen LogP contribution in [0.5, 0.6) is 5.75 Å². The fourth-order valence-electron chi connectivity index (χ4n) is 1.87. The molecule has 0 bridgehead atoms. The lowest BCUT2D eigenvalue weighted by Crippen LogP contribution is -2.19. The number of halogens is 2. The van der Waals surface area contributed by atoms with Gasteiger partial charge in [0, 0.05) is 11.6 Å². The Bertz CT molecular complexity index is 459. The van der Waals surface area contributed by atoms with Gasteiger partial charge in [0.2, 0.25) is 5.91 Å². The molecule has 0 radical (unpaired) electrons. The van der Waals surface area contributed by atoms with E-state index in [1.165, 1.54) is 12.1 Å². The van der Waals surface area contributed by atoms with Crippen LogP contribution in [0.3, 0.4) is 0 Å². The van der Waals surface area contributed by atoms with E-state index in [1.54, 1.807) is 0 Å². The number of carbonyl (C=O) groups excluding carboxylic acids is 1. The number of anilines is 1. The Morgan fingerprint density at radius 3 is 2.94 bits per heavy atom. The minimum absolute atomic E-state index is 0.0400. The Kier molecular flexibility index (Phi) is 4.32. The van der Waals surface area contributed by atoms with Gasteiger partial charge in [0.05, 0.1) is 23.2 Å². The van der Waals surface area contributed by atoms with Gasteiger partial charge in [0.25, 0.3) is 0 Å². The summed E-state index contributed by atoms with van der Waals surface area (Å²) in [5.74, 6) is -0.405. The Balaban J connectivity index is 2.02. The summed E-state index contributed by atoms with van der Waals surface area (Å²) in [6, 6.07) is 2.87. The minimum Gasteiger partial charge on any atom is -0.504 e. The van der Waals surface area contributed by atoms with E-state index in [0.717, 1.165) is 12.8 Å². The van der Waals surface area contributed by atoms with Crippen LogP contribution in [0.15, 0.2) is 12.1 Å². The maximum absolute atomic E-state index is 11.8. The van der Waals surface area contributed by atoms with E-state index in [-0.39, 0.29) is 34.9 Å². The number of nitrogens with one attached hydrogen (secondary N) is 1. The second-order valence-electron chi connectivity index (χ2n) is 4.17. The summed E-state index contributed by atoms with van der Waals surface area (Å²) in [6.45, 7) is 0.701. The zero-order chi connectivity index (χ0) is 13.1. The minimum atomic E-state index is -0.226. The SMILES string of the molecule is O=C(CC1CCCO1)Nc1cc(Cl)cc(Cl)c1O. The predicted molar refractivity (Wildman–Crippen MR) is 70.3 cm³/mol. The fraction of sp³-hybridized carbons (Fsp3) is 0.417. The molecule has 18 heavy (non-hydrogen) atoms. The maximum atomic E-state index is 11.8. The molecular formula is C12H13Cl2NO3. The summed E-state index contributed by atoms with van der Waals surface area (Å²) in [5.41, 5.74) is 0.218. The molecule has 0 aromatic heterocycles. The van der Waals surface area contributed by atoms with Crippen molar-refractivity contribution in [2.24, 2.45) is 0 Å². The van der Waals surface area contributed by atoms with E-state index < -0.39 is 0 Å². The van der Waals surface area contributed by atoms with E-state index in [2.05, 4.69) is 5.32 Å². The van der Waals surface area contributed by atoms with E-state index in [4.69, 9.17) is 27.9 Å². The van der Waals surface area contributed by atoms with Crippen LogP contribution in [-0.2, 0) is 9.53 Å². The molecule has 1 unspecified atom stereocenters. The van der Waals surface area contributed by atoms with Gasteiger partial charge in [-0.15, -0.1) is 0 Å². The number of amides is 1. The van der Waals surface area contributed by atoms with Gasteiger partial charge in [-0.2, -0.15) is 0 Å². The van der Waals surface area contributed by atoms with Crippen LogP contribution in [-0.4, -0.2) is 23.7 Å². The molecule has 1 saturated heterocycles. The Morgan fingerprint density at radius 1 is 1.50 bits per heavy atom. The topological polar surface area (TPSA) is 58.6 Å². The normalized spacial score (nSPS) is 18.9. The number of hydrogen-bond acceptors (Lipinski definition) is 3. The van der Waals surface area contributed by atoms with E-state index in [9.17, 15) is 9.90 Å². The van der Waals surface area contributed by atoms with Crippen molar-refractivity contribution in [2.75, 3.05) is 11.9 Å². The largest absolute Gasteiger partial charge is 0.504 e. The van der Waals surface area contributed by atoms with Gasteiger partial charge in [-0.3, -0.25) is 4.79 Å². The van der Waals surface area contributed by atoms with Crippen LogP contribution in [0.1, 0.15) is 19.3 Å². The first-order valence-electron chi connectivity index (χ1n) is 5.65. The average Bonchev–Trinajstić information content (AvgIpc) is 2.77. The molecule has 1 heterocycles. The highest BCUT2D eigenvalue weighted by Gasteiger charge is 2.20. The van der Waals surface area contributed by atoms with Gasteiger partial charge in [-0.25, -0.2) is 0 Å². The third-order valence-electron chi connectivity index (χ3n) is 2.74. The Morgan fingerprint density at radius 2 is 2.28 bits per heavy atom. The van der Waals surface area contributed by atoms with Gasteiger partial charge in [0.1, 0.15) is 0 Å². The first kappa shape index (κ1) is 13.5. The summed E-state index contributed by atoms with van der Waals surface area (Å²) >= 11 is 11.6. The second-order valence-corrected chi connectivity index (χ2v) is 5.01. The number of benzene rings is 1. The van der Waals surface area contributed by atoms with E-state index in [0.29, 0.717) is 11.6 Å². The molecule has 1 fully saturated rings. The van der Waals surface area contributed by atoms with Crippen molar-refractivity contribution in [3.63, 3.8) is 0 Å². The summed E-state index contributed by atoms with van der Waals surface area (Å²) < 4.78 is 5.36. The van der Waals surface area contributed by atoms with E-state index >= 15 is 0 Å². The van der Waals surface area contributed by atoms with Crippen molar-refractivity contribution < 1.29 is 14.6 Å². The van der Waals surface area contributed by atoms with Gasteiger partial charge >= 0.3 is 0 Å². The Hall–Kier alpha value is -0.970. The van der Waals surface area contributed by atoms with Gasteiger partial charge in [0.15, 0.2) is 5.75 Å². The predicted octanol–water partition coefficient (Wildman–Crippen LogP) is 3.21. The van der Waals surface area contributed by atoms with Crippen LogP contribution in [0.25, 0.3) is 0 Å². The van der Waals surface area contributed by atoms with Crippen molar-refractivity contribution in [3.8, 4) is 5.75 Å². The standard InChI is InChI=1S/C12H13Cl2NO3/c13-7-4-9(14)12(17)10(5-7)15-11(16)6-8-2-1-3-18-8/h4-5,8,17H,1-3,6H2,(H,15,16). The molecule has 2 N–H and O–H groups in total. The van der Waals surface area contributed by atoms with Gasteiger partial charge in [-0.05, 0) is 25.0 Å². The maximum Gasteiger partial charge on any atom is 0.227 e. The average molecular weight is 290 g/mol. The molecular weight excluding hydrogens is 277 g/mol. The molecule has 98 valence electrons. The lowest BCUT2D eigenvalue weighted by atomic mass is 10.1. The highest BCUT2D eigenvalue weighted by atomic mass is 35.5. The summed E-state index contributed by atoms with van der Waals surface area (Å²) in [6.07, 6.45) is 2.09. The second kappa shape index (κ2) is 5.78. The molecule has 2 rings (SSSR count). The molecule has 1 atom stereocenters. The van der Waals surface area contributed by atoms with Crippen molar-refractivity contribution in [3.05, 3.63) is 22.2 Å². The van der Waals surface area contributed by atoms with Crippen molar-refractivity contribution >= 4 is 34.8 Å². The molecule has 0 saturated carbocycles. The van der Waals surface area contributed by atoms with Crippen molar-refractivity contribution in [1.29, 1.82) is 0 Å². The first-order chi connectivity index (χ1) is 8.56. The van der Waals surface area contributed by atoms with Gasteiger partial charge in [-0.1, -0.05) is 23.2 Å². The number of carbonyl (C=O) groups is 1. The quantitative estimate of drug-likeness (QED) is 0.840. The number of aromatic hydroxyl groups is 1. The van der Waals surface area contributed by atoms with E-state index in [1.807, 2.05) is 0 Å². The number of hydrogen-bond donors (Lipinski definition) is 2. The fourth-order valence-corrected chi connectivity index (χ4v) is 2.37. The van der Waals surface area contributed by atoms with Gasteiger partial charge < -0.3 is 15.2 Å². The first-order valence-corrected chi connectivity index (χ1v) is 6.41. The molecule has 1 aromatic rings. The third kappa shape index (κ3) is 3.28. The molecule has 1 aliphatic heterocycles. The summed E-state index contributed by atoms with van der Waals surface area (Å²) in [7, 11) is 0. The van der Waals surface area contributed by atoms with Crippen LogP contribution in [0, 0.1) is 0 Å². The summed E-state index contributed by atoms with van der Waals surface area (Å²) in [5, 5.41) is 12.7. The van der Waals surface area contributed by atoms with Crippen LogP contribution in [0.2, 0.25) is 10.0 Å². The van der Waals surface area contributed by atoms with Crippen LogP contribution in [0.4, 0.5) is 5.69 Å². The summed E-state index contributed by atoms with van der Waals surface area (Å²) in [4.78, 5) is 11.8. The Labute approximate surface area is 115 Å². The molecule has 1 amide bonds. The van der Waals surface area contributed by atoms with Crippen molar-refractivity contribution in [1.82, 2.24) is 0 Å². The zero-order valence-electron chi connectivity index (χ0n) is 9.58. The highest BCUT2D eigenvalue weighted by molar-refractivity contribution is 6.36. The number of rotatable bonds is 3. The molecule has 0 spiro atoms. The third-order valence-corrected chi connectivity index (χ3v) is 3.25. The molecule has 1 aliphatic rings. The zero-order valence-corrected chi connectivity index (χ0v) is 11.1. The number of phenolic OH excluding ortho intramolecular Hbond substituents is 1. The van der Waals surface area contributed by atoms with Crippen LogP contribution >= 0.6 is 23.2 Å². The number of ether oxygens (including phenoxy) is 1. The van der Waals surface area contributed by atoms with Crippen molar-refractivity contribution in [2.45, 2.75) is 25.4 Å². The molecule has 4 nitrogen and oxygen atoms in total. The number of phenols is 1.